The van der Waals surface area contributed by atoms with Crippen molar-refractivity contribution in [1.29, 1.82) is 0 Å². The molecule has 0 saturated carbocycles. The zero-order chi connectivity index (χ0) is 13.3. The molecular formula is C12H18ClN3O2. The highest BCUT2D eigenvalue weighted by Gasteiger charge is 2.29. The monoisotopic (exact) mass is 271 g/mol. The summed E-state index contributed by atoms with van der Waals surface area (Å²) in [5, 5.41) is 4.50. The SMILES string of the molecule is CCn1ncc(Cl)c1C(=O)N1C[C@@H](C)O[C@@H](C)C1. The molecular weight excluding hydrogens is 254 g/mol. The van der Waals surface area contributed by atoms with Crippen molar-refractivity contribution in [2.45, 2.75) is 39.5 Å². The zero-order valence-electron chi connectivity index (χ0n) is 10.9. The molecule has 2 rings (SSSR count). The molecule has 0 aromatic carbocycles. The molecule has 1 amide bonds. The van der Waals surface area contributed by atoms with Gasteiger partial charge in [0.1, 0.15) is 5.69 Å². The lowest BCUT2D eigenvalue weighted by molar-refractivity contribution is -0.0588. The molecule has 2 heterocycles. The predicted octanol–water partition coefficient (Wildman–Crippen LogP) is 1.81. The van der Waals surface area contributed by atoms with E-state index in [0.717, 1.165) is 0 Å². The molecule has 1 aromatic rings. The molecule has 0 bridgehead atoms. The first kappa shape index (κ1) is 13.4. The average molecular weight is 272 g/mol. The number of rotatable bonds is 2. The van der Waals surface area contributed by atoms with Gasteiger partial charge in [-0.05, 0) is 20.8 Å². The molecule has 1 aliphatic heterocycles. The van der Waals surface area contributed by atoms with E-state index in [1.54, 1.807) is 9.58 Å². The number of hydrogen-bond acceptors (Lipinski definition) is 3. The number of carbonyl (C=O) groups is 1. The third-order valence-corrected chi connectivity index (χ3v) is 3.28. The summed E-state index contributed by atoms with van der Waals surface area (Å²) in [6.07, 6.45) is 1.62. The first-order chi connectivity index (χ1) is 8.52. The van der Waals surface area contributed by atoms with Crippen molar-refractivity contribution >= 4 is 17.5 Å². The molecule has 6 heteroatoms. The predicted molar refractivity (Wildman–Crippen MR) is 68.8 cm³/mol. The van der Waals surface area contributed by atoms with E-state index in [4.69, 9.17) is 16.3 Å². The third kappa shape index (κ3) is 2.52. The Balaban J connectivity index is 2.22. The van der Waals surface area contributed by atoms with Gasteiger partial charge in [-0.25, -0.2) is 0 Å². The molecule has 0 radical (unpaired) electrons. The average Bonchev–Trinajstić information content (AvgIpc) is 2.68. The summed E-state index contributed by atoms with van der Waals surface area (Å²) in [5.74, 6) is -0.0682. The fourth-order valence-electron chi connectivity index (χ4n) is 2.31. The number of nitrogens with zero attached hydrogens (tertiary/aromatic N) is 3. The van der Waals surface area contributed by atoms with Crippen LogP contribution in [0.2, 0.25) is 5.02 Å². The summed E-state index contributed by atoms with van der Waals surface area (Å²) in [6.45, 7) is 7.68. The second-order valence-electron chi connectivity index (χ2n) is 4.62. The van der Waals surface area contributed by atoms with E-state index in [9.17, 15) is 4.79 Å². The van der Waals surface area contributed by atoms with Gasteiger partial charge in [0.15, 0.2) is 0 Å². The lowest BCUT2D eigenvalue weighted by Crippen LogP contribution is -2.48. The van der Waals surface area contributed by atoms with E-state index in [1.165, 1.54) is 6.20 Å². The second kappa shape index (κ2) is 5.28. The van der Waals surface area contributed by atoms with E-state index in [2.05, 4.69) is 5.10 Å². The van der Waals surface area contributed by atoms with Gasteiger partial charge >= 0.3 is 0 Å². The number of carbonyl (C=O) groups excluding carboxylic acids is 1. The summed E-state index contributed by atoms with van der Waals surface area (Å²) in [7, 11) is 0. The lowest BCUT2D eigenvalue weighted by Gasteiger charge is -2.35. The zero-order valence-corrected chi connectivity index (χ0v) is 11.6. The molecule has 0 spiro atoms. The number of morpholine rings is 1. The van der Waals surface area contributed by atoms with Crippen LogP contribution in [-0.4, -0.2) is 45.9 Å². The van der Waals surface area contributed by atoms with Crippen molar-refractivity contribution in [3.63, 3.8) is 0 Å². The van der Waals surface area contributed by atoms with Crippen molar-refractivity contribution in [3.8, 4) is 0 Å². The second-order valence-corrected chi connectivity index (χ2v) is 5.03. The van der Waals surface area contributed by atoms with Crippen LogP contribution in [0.5, 0.6) is 0 Å². The molecule has 2 atom stereocenters. The Labute approximate surface area is 112 Å². The highest BCUT2D eigenvalue weighted by atomic mass is 35.5. The number of ether oxygens (including phenoxy) is 1. The Morgan fingerprint density at radius 3 is 2.67 bits per heavy atom. The largest absolute Gasteiger partial charge is 0.372 e. The van der Waals surface area contributed by atoms with Crippen LogP contribution in [0.25, 0.3) is 0 Å². The highest BCUT2D eigenvalue weighted by Crippen LogP contribution is 2.20. The third-order valence-electron chi connectivity index (χ3n) is 3.00. The number of amides is 1. The van der Waals surface area contributed by atoms with Crippen LogP contribution in [0.4, 0.5) is 0 Å². The molecule has 0 aliphatic carbocycles. The minimum atomic E-state index is -0.0682. The summed E-state index contributed by atoms with van der Waals surface area (Å²) >= 11 is 6.05. The molecule has 1 saturated heterocycles. The van der Waals surface area contributed by atoms with Crippen LogP contribution in [-0.2, 0) is 11.3 Å². The number of aromatic nitrogens is 2. The Bertz CT molecular complexity index is 437. The normalized spacial score (nSPS) is 24.3. The van der Waals surface area contributed by atoms with Crippen molar-refractivity contribution < 1.29 is 9.53 Å². The molecule has 1 aliphatic rings. The van der Waals surface area contributed by atoms with Gasteiger partial charge in [-0.2, -0.15) is 5.10 Å². The molecule has 0 N–H and O–H groups in total. The van der Waals surface area contributed by atoms with Gasteiger partial charge in [0.25, 0.3) is 5.91 Å². The van der Waals surface area contributed by atoms with Crippen LogP contribution >= 0.6 is 11.6 Å². The van der Waals surface area contributed by atoms with Crippen LogP contribution < -0.4 is 0 Å². The Kier molecular flexibility index (Phi) is 3.92. The van der Waals surface area contributed by atoms with Gasteiger partial charge in [0.05, 0.1) is 23.4 Å². The van der Waals surface area contributed by atoms with E-state index >= 15 is 0 Å². The molecule has 100 valence electrons. The van der Waals surface area contributed by atoms with Crippen molar-refractivity contribution in [2.75, 3.05) is 13.1 Å². The molecule has 18 heavy (non-hydrogen) atoms. The van der Waals surface area contributed by atoms with Crippen molar-refractivity contribution in [1.82, 2.24) is 14.7 Å². The van der Waals surface area contributed by atoms with E-state index in [1.807, 2.05) is 20.8 Å². The summed E-state index contributed by atoms with van der Waals surface area (Å²) in [5.41, 5.74) is 0.473. The topological polar surface area (TPSA) is 47.4 Å². The molecule has 0 unspecified atom stereocenters. The molecule has 1 aromatic heterocycles. The van der Waals surface area contributed by atoms with Gasteiger partial charge in [-0.1, -0.05) is 11.6 Å². The van der Waals surface area contributed by atoms with E-state index in [0.29, 0.717) is 30.4 Å². The van der Waals surface area contributed by atoms with Crippen molar-refractivity contribution in [3.05, 3.63) is 16.9 Å². The van der Waals surface area contributed by atoms with Crippen LogP contribution in [0.3, 0.4) is 0 Å². The van der Waals surface area contributed by atoms with E-state index < -0.39 is 0 Å². The first-order valence-electron chi connectivity index (χ1n) is 6.19. The van der Waals surface area contributed by atoms with Gasteiger partial charge in [-0.3, -0.25) is 9.48 Å². The fraction of sp³-hybridized carbons (Fsp3) is 0.667. The minimum absolute atomic E-state index is 0.0504. The van der Waals surface area contributed by atoms with Gasteiger partial charge < -0.3 is 9.64 Å². The smallest absolute Gasteiger partial charge is 0.273 e. The molecule has 1 fully saturated rings. The van der Waals surface area contributed by atoms with Crippen LogP contribution in [0, 0.1) is 0 Å². The standard InChI is InChI=1S/C12H18ClN3O2/c1-4-16-11(10(13)5-14-16)12(17)15-6-8(2)18-9(3)7-15/h5,8-9H,4,6-7H2,1-3H3/t8-,9+. The lowest BCUT2D eigenvalue weighted by atomic mass is 10.2. The maximum atomic E-state index is 12.5. The van der Waals surface area contributed by atoms with Crippen LogP contribution in [0.15, 0.2) is 6.20 Å². The number of hydrogen-bond donors (Lipinski definition) is 0. The van der Waals surface area contributed by atoms with Crippen LogP contribution in [0.1, 0.15) is 31.3 Å². The molecule has 5 nitrogen and oxygen atoms in total. The van der Waals surface area contributed by atoms with Crippen molar-refractivity contribution in [2.24, 2.45) is 0 Å². The van der Waals surface area contributed by atoms with E-state index in [-0.39, 0.29) is 18.1 Å². The Morgan fingerprint density at radius 1 is 1.50 bits per heavy atom. The maximum absolute atomic E-state index is 12.5. The summed E-state index contributed by atoms with van der Waals surface area (Å²) in [4.78, 5) is 14.3. The quantitative estimate of drug-likeness (QED) is 0.824. The van der Waals surface area contributed by atoms with Gasteiger partial charge in [0, 0.05) is 19.6 Å². The first-order valence-corrected chi connectivity index (χ1v) is 6.56. The fourth-order valence-corrected chi connectivity index (χ4v) is 2.53. The minimum Gasteiger partial charge on any atom is -0.372 e. The number of halogens is 1. The van der Waals surface area contributed by atoms with Gasteiger partial charge in [-0.15, -0.1) is 0 Å². The Hall–Kier alpha value is -1.07. The maximum Gasteiger partial charge on any atom is 0.273 e. The Morgan fingerprint density at radius 2 is 2.11 bits per heavy atom. The summed E-state index contributed by atoms with van der Waals surface area (Å²) < 4.78 is 7.26. The van der Waals surface area contributed by atoms with Gasteiger partial charge in [0.2, 0.25) is 0 Å². The number of aryl methyl sites for hydroxylation is 1. The summed E-state index contributed by atoms with van der Waals surface area (Å²) in [6, 6.07) is 0. The highest BCUT2D eigenvalue weighted by molar-refractivity contribution is 6.33.